The minimum absolute atomic E-state index is 0. The Kier molecular flexibility index (Phi) is 18.8. The van der Waals surface area contributed by atoms with E-state index < -0.39 is 0 Å². The van der Waals surface area contributed by atoms with Crippen LogP contribution in [0, 0.1) is 27.7 Å². The van der Waals surface area contributed by atoms with E-state index in [0.29, 0.717) is 11.5 Å². The van der Waals surface area contributed by atoms with Gasteiger partial charge in [-0.2, -0.15) is 12.1 Å². The number of hydrogen-bond donors (Lipinski definition) is 2. The van der Waals surface area contributed by atoms with Crippen molar-refractivity contribution in [1.29, 1.82) is 0 Å². The predicted octanol–water partition coefficient (Wildman–Crippen LogP) is 15.8. The van der Waals surface area contributed by atoms with Crippen LogP contribution in [0.2, 0.25) is 13.1 Å². The van der Waals surface area contributed by atoms with Gasteiger partial charge in [0.15, 0.2) is 0 Å². The van der Waals surface area contributed by atoms with Gasteiger partial charge in [-0.05, 0) is 59.1 Å². The zero-order valence-electron chi connectivity index (χ0n) is 37.9. The van der Waals surface area contributed by atoms with Gasteiger partial charge in [-0.1, -0.05) is 188 Å². The van der Waals surface area contributed by atoms with E-state index in [-0.39, 0.29) is 37.0 Å². The number of aromatic hydroxyl groups is 2. The van der Waals surface area contributed by atoms with Gasteiger partial charge in [0.2, 0.25) is 0 Å². The molecule has 308 valence electrons. The molecule has 2 N–H and O–H groups in total. The molecule has 8 aromatic carbocycles. The fourth-order valence-corrected chi connectivity index (χ4v) is 7.01. The minimum atomic E-state index is 0. The van der Waals surface area contributed by atoms with Crippen LogP contribution in [0.4, 0.5) is 0 Å². The maximum Gasteiger partial charge on any atom is 2.00 e. The second-order valence-electron chi connectivity index (χ2n) is 17.5. The van der Waals surface area contributed by atoms with Crippen LogP contribution in [-0.2, 0) is 37.0 Å². The molecule has 8 rings (SSSR count). The Morgan fingerprint density at radius 2 is 0.767 bits per heavy atom. The molecule has 0 aliphatic carbocycles. The van der Waals surface area contributed by atoms with E-state index in [4.69, 9.17) is 0 Å². The summed E-state index contributed by atoms with van der Waals surface area (Å²) in [4.78, 5) is 0. The summed E-state index contributed by atoms with van der Waals surface area (Å²) in [7, 11) is 1.08. The molecular formula is C56H64O2SiZr. The van der Waals surface area contributed by atoms with Crippen molar-refractivity contribution in [3.8, 4) is 33.8 Å². The van der Waals surface area contributed by atoms with Gasteiger partial charge in [-0.15, -0.1) is 69.1 Å². The van der Waals surface area contributed by atoms with Gasteiger partial charge in [0.05, 0.1) is 0 Å². The normalized spacial score (nSPS) is 10.7. The number of aryl methyl sites for hydroxylation is 4. The second-order valence-corrected chi connectivity index (χ2v) is 18.5. The molecule has 0 heterocycles. The number of fused-ring (bicyclic) bond motifs is 2. The quantitative estimate of drug-likeness (QED) is 0.134. The van der Waals surface area contributed by atoms with Crippen LogP contribution < -0.4 is 0 Å². The molecule has 2 radical (unpaired) electrons. The van der Waals surface area contributed by atoms with Crippen LogP contribution in [-0.4, -0.2) is 19.7 Å². The summed E-state index contributed by atoms with van der Waals surface area (Å²) in [6.45, 7) is 25.3. The van der Waals surface area contributed by atoms with E-state index >= 15 is 0 Å². The van der Waals surface area contributed by atoms with Crippen molar-refractivity contribution in [3.05, 3.63) is 191 Å². The van der Waals surface area contributed by atoms with E-state index in [2.05, 4.69) is 190 Å². The Bertz CT molecular complexity index is 2330. The molecule has 60 heavy (non-hydrogen) atoms. The third-order valence-electron chi connectivity index (χ3n) is 9.88. The number of rotatable bonds is 2. The van der Waals surface area contributed by atoms with Gasteiger partial charge in [0.25, 0.3) is 0 Å². The molecule has 0 aliphatic heterocycles. The number of phenols is 2. The fraction of sp³-hybridized carbons (Fsp3) is 0.250. The van der Waals surface area contributed by atoms with Crippen molar-refractivity contribution in [3.63, 3.8) is 0 Å². The van der Waals surface area contributed by atoms with E-state index in [1.165, 1.54) is 66.1 Å². The summed E-state index contributed by atoms with van der Waals surface area (Å²) in [5.41, 5.74) is 12.4. The van der Waals surface area contributed by atoms with Crippen molar-refractivity contribution in [2.24, 2.45) is 0 Å². The first-order valence-electron chi connectivity index (χ1n) is 20.5. The largest absolute Gasteiger partial charge is 2.00 e. The first kappa shape index (κ1) is 49.6. The van der Waals surface area contributed by atoms with E-state index in [1.807, 2.05) is 38.1 Å². The minimum Gasteiger partial charge on any atom is -0.508 e. The molecule has 4 heteroatoms. The third kappa shape index (κ3) is 14.2. The fourth-order valence-electron chi connectivity index (χ4n) is 7.01. The van der Waals surface area contributed by atoms with Crippen LogP contribution in [0.15, 0.2) is 158 Å². The molecule has 0 bridgehead atoms. The molecule has 0 spiro atoms. The Hall–Kier alpha value is -4.76. The Morgan fingerprint density at radius 3 is 1.07 bits per heavy atom. The third-order valence-corrected chi connectivity index (χ3v) is 9.88. The molecule has 0 unspecified atom stereocenters. The van der Waals surface area contributed by atoms with E-state index in [9.17, 15) is 10.2 Å². The van der Waals surface area contributed by atoms with E-state index in [0.717, 1.165) is 20.6 Å². The summed E-state index contributed by atoms with van der Waals surface area (Å²) >= 11 is 0. The van der Waals surface area contributed by atoms with Crippen molar-refractivity contribution in [2.45, 2.75) is 93.2 Å². The topological polar surface area (TPSA) is 40.5 Å². The Labute approximate surface area is 383 Å². The maximum absolute atomic E-state index is 9.57. The monoisotopic (exact) mass is 886 g/mol. The summed E-state index contributed by atoms with van der Waals surface area (Å²) in [6.07, 6.45) is 0. The smallest absolute Gasteiger partial charge is 0.508 e. The van der Waals surface area contributed by atoms with Crippen molar-refractivity contribution in [1.82, 2.24) is 0 Å². The SMILES string of the molecule is C[Si]C.Cc1cc2c(-c3ccccc3)cccc2[cH-]1.Cc1cc2c(-c3ccccc3)cccc2[cH-]1.Cc1ccc(O)c(C(C)(C)C)c1.Cc1ccc(O)c(C(C)(C)C)c1.[Zr+2]. The van der Waals surface area contributed by atoms with Crippen LogP contribution in [0.25, 0.3) is 43.8 Å². The molecular weight excluding hydrogens is 824 g/mol. The summed E-state index contributed by atoms with van der Waals surface area (Å²) in [5, 5.41) is 24.5. The van der Waals surface area contributed by atoms with Crippen molar-refractivity contribution < 1.29 is 36.4 Å². The Morgan fingerprint density at radius 1 is 0.433 bits per heavy atom. The molecule has 8 aromatic rings. The van der Waals surface area contributed by atoms with Crippen molar-refractivity contribution in [2.75, 3.05) is 0 Å². The van der Waals surface area contributed by atoms with Gasteiger partial charge < -0.3 is 10.2 Å². The molecule has 0 aromatic heterocycles. The molecule has 0 aliphatic rings. The van der Waals surface area contributed by atoms with Crippen LogP contribution in [0.1, 0.15) is 74.9 Å². The van der Waals surface area contributed by atoms with Gasteiger partial charge in [0, 0.05) is 9.52 Å². The molecule has 0 fully saturated rings. The second kappa shape index (κ2) is 22.7. The van der Waals surface area contributed by atoms with Crippen LogP contribution in [0.3, 0.4) is 0 Å². The molecule has 0 saturated heterocycles. The predicted molar refractivity (Wildman–Crippen MR) is 260 cm³/mol. The summed E-state index contributed by atoms with van der Waals surface area (Å²) in [5.74, 6) is 0.793. The zero-order valence-corrected chi connectivity index (χ0v) is 41.4. The van der Waals surface area contributed by atoms with Gasteiger partial charge >= 0.3 is 26.2 Å². The van der Waals surface area contributed by atoms with Crippen LogP contribution >= 0.6 is 0 Å². The van der Waals surface area contributed by atoms with Crippen molar-refractivity contribution >= 4 is 31.1 Å². The van der Waals surface area contributed by atoms with Gasteiger partial charge in [-0.25, -0.2) is 0 Å². The molecule has 0 saturated carbocycles. The van der Waals surface area contributed by atoms with E-state index in [1.54, 1.807) is 12.1 Å². The van der Waals surface area contributed by atoms with Crippen LogP contribution in [0.5, 0.6) is 11.5 Å². The Balaban J connectivity index is 0.000000210. The standard InChI is InChI=1S/2C16H13.2C11H16O.C2H6Si.Zr/c2*1-12-10-14-8-5-9-15(16(14)11-12)13-6-3-2-4-7-13;2*1-8-5-6-10(12)9(7-8)11(2,3)4;1-3-2;/h2*2-11H,1H3;2*5-7,12H,1-4H3;1-2H3;/q2*-1;;;;+2. The number of benzene rings is 6. The summed E-state index contributed by atoms with van der Waals surface area (Å²) < 4.78 is 0. The zero-order chi connectivity index (χ0) is 43.3. The number of phenolic OH excluding ortho intramolecular Hbond substituents is 2. The maximum atomic E-state index is 9.57. The average Bonchev–Trinajstić information content (AvgIpc) is 3.78. The summed E-state index contributed by atoms with van der Waals surface area (Å²) in [6, 6.07) is 54.5. The van der Waals surface area contributed by atoms with Gasteiger partial charge in [-0.3, -0.25) is 0 Å². The molecule has 0 atom stereocenters. The average molecular weight is 888 g/mol. The van der Waals surface area contributed by atoms with Gasteiger partial charge in [0.1, 0.15) is 11.5 Å². The first-order chi connectivity index (χ1) is 27.9. The molecule has 2 nitrogen and oxygen atoms in total. The first-order valence-corrected chi connectivity index (χ1v) is 22.5. The molecule has 0 amide bonds. The number of hydrogen-bond acceptors (Lipinski definition) is 2.